The lowest BCUT2D eigenvalue weighted by atomic mass is 9.83. The molecular formula is C16H23N3O2S. The number of nitrogens with two attached hydrogens (primary N) is 1. The summed E-state index contributed by atoms with van der Waals surface area (Å²) in [6.07, 6.45) is 5.96. The van der Waals surface area contributed by atoms with E-state index in [4.69, 9.17) is 27.4 Å². The third-order valence-corrected chi connectivity index (χ3v) is 4.05. The average molecular weight is 321 g/mol. The van der Waals surface area contributed by atoms with E-state index in [0.717, 1.165) is 35.6 Å². The van der Waals surface area contributed by atoms with E-state index in [-0.39, 0.29) is 5.11 Å². The van der Waals surface area contributed by atoms with Crippen molar-refractivity contribution in [3.05, 3.63) is 23.8 Å². The molecule has 0 radical (unpaired) electrons. The van der Waals surface area contributed by atoms with Crippen molar-refractivity contribution in [2.75, 3.05) is 14.2 Å². The zero-order valence-electron chi connectivity index (χ0n) is 13.1. The molecule has 1 aliphatic carbocycles. The molecule has 6 heteroatoms. The second kappa shape index (κ2) is 7.98. The minimum absolute atomic E-state index is 0.167. The van der Waals surface area contributed by atoms with Crippen molar-refractivity contribution in [3.8, 4) is 11.5 Å². The Hall–Kier alpha value is -1.82. The predicted molar refractivity (Wildman–Crippen MR) is 92.6 cm³/mol. The van der Waals surface area contributed by atoms with E-state index < -0.39 is 0 Å². The molecule has 0 spiro atoms. The van der Waals surface area contributed by atoms with Crippen LogP contribution in [-0.4, -0.2) is 25.0 Å². The average Bonchev–Trinajstić information content (AvgIpc) is 2.56. The zero-order chi connectivity index (χ0) is 15.9. The highest BCUT2D eigenvalue weighted by molar-refractivity contribution is 7.80. The molecule has 0 saturated heterocycles. The molecule has 120 valence electrons. The van der Waals surface area contributed by atoms with Gasteiger partial charge in [-0.2, -0.15) is 5.10 Å². The topological polar surface area (TPSA) is 68.9 Å². The van der Waals surface area contributed by atoms with E-state index in [1.54, 1.807) is 14.2 Å². The number of hydrogen-bond donors (Lipinski definition) is 2. The van der Waals surface area contributed by atoms with Crippen molar-refractivity contribution in [2.24, 2.45) is 16.8 Å². The minimum atomic E-state index is 0.167. The van der Waals surface area contributed by atoms with Crippen LogP contribution in [0, 0.1) is 5.92 Å². The Morgan fingerprint density at radius 3 is 2.55 bits per heavy atom. The fraction of sp³-hybridized carbons (Fsp3) is 0.500. The molecule has 0 aromatic heterocycles. The first kappa shape index (κ1) is 16.5. The summed E-state index contributed by atoms with van der Waals surface area (Å²) >= 11 is 4.87. The smallest absolute Gasteiger partial charge is 0.184 e. The van der Waals surface area contributed by atoms with Gasteiger partial charge in [-0.05, 0) is 37.2 Å². The maximum atomic E-state index is 5.53. The molecule has 1 aliphatic rings. The molecule has 0 bridgehead atoms. The Kier molecular flexibility index (Phi) is 6.00. The van der Waals surface area contributed by atoms with Crippen LogP contribution in [-0.2, 0) is 0 Å². The van der Waals surface area contributed by atoms with Crippen LogP contribution in [0.1, 0.15) is 37.7 Å². The van der Waals surface area contributed by atoms with Crippen LogP contribution in [0.25, 0.3) is 0 Å². The summed E-state index contributed by atoms with van der Waals surface area (Å²) in [7, 11) is 3.29. The van der Waals surface area contributed by atoms with Crippen molar-refractivity contribution in [1.29, 1.82) is 0 Å². The maximum absolute atomic E-state index is 5.53. The molecular weight excluding hydrogens is 298 g/mol. The van der Waals surface area contributed by atoms with Gasteiger partial charge in [0.2, 0.25) is 0 Å². The van der Waals surface area contributed by atoms with Crippen molar-refractivity contribution in [3.63, 3.8) is 0 Å². The summed E-state index contributed by atoms with van der Waals surface area (Å²) in [4.78, 5) is 0. The molecule has 0 aliphatic heterocycles. The molecule has 1 saturated carbocycles. The maximum Gasteiger partial charge on any atom is 0.184 e. The second-order valence-electron chi connectivity index (χ2n) is 5.37. The standard InChI is InChI=1S/C16H23N3O2S/c1-20-12-8-9-13(14(10-12)21-2)15(18-19-16(17)22)11-6-4-3-5-7-11/h8-11H,3-7H2,1-2H3,(H3,17,19,22). The first-order valence-electron chi connectivity index (χ1n) is 7.51. The van der Waals surface area contributed by atoms with Gasteiger partial charge in [-0.15, -0.1) is 0 Å². The molecule has 5 nitrogen and oxygen atoms in total. The van der Waals surface area contributed by atoms with Crippen molar-refractivity contribution in [1.82, 2.24) is 5.43 Å². The van der Waals surface area contributed by atoms with Gasteiger partial charge in [0.25, 0.3) is 0 Å². The Morgan fingerprint density at radius 2 is 1.95 bits per heavy atom. The highest BCUT2D eigenvalue weighted by Crippen LogP contribution is 2.32. The van der Waals surface area contributed by atoms with Gasteiger partial charge in [0, 0.05) is 17.5 Å². The summed E-state index contributed by atoms with van der Waals surface area (Å²) in [6, 6.07) is 5.76. The number of thiocarbonyl (C=S) groups is 1. The van der Waals surface area contributed by atoms with Crippen LogP contribution >= 0.6 is 12.2 Å². The van der Waals surface area contributed by atoms with Gasteiger partial charge in [0.1, 0.15) is 11.5 Å². The van der Waals surface area contributed by atoms with Crippen LogP contribution in [0.3, 0.4) is 0 Å². The largest absolute Gasteiger partial charge is 0.497 e. The molecule has 0 atom stereocenters. The van der Waals surface area contributed by atoms with E-state index in [0.29, 0.717) is 5.92 Å². The van der Waals surface area contributed by atoms with Gasteiger partial charge in [0.05, 0.1) is 19.9 Å². The number of nitrogens with one attached hydrogen (secondary N) is 1. The lowest BCUT2D eigenvalue weighted by molar-refractivity contribution is 0.392. The lowest BCUT2D eigenvalue weighted by Gasteiger charge is -2.24. The predicted octanol–water partition coefficient (Wildman–Crippen LogP) is 2.82. The van der Waals surface area contributed by atoms with Gasteiger partial charge < -0.3 is 15.2 Å². The van der Waals surface area contributed by atoms with Gasteiger partial charge in [-0.25, -0.2) is 0 Å². The van der Waals surface area contributed by atoms with Crippen molar-refractivity contribution in [2.45, 2.75) is 32.1 Å². The van der Waals surface area contributed by atoms with Crippen LogP contribution in [0.4, 0.5) is 0 Å². The Bertz CT molecular complexity index is 554. The Labute approximate surface area is 136 Å². The van der Waals surface area contributed by atoms with Crippen LogP contribution in [0.15, 0.2) is 23.3 Å². The molecule has 1 aromatic carbocycles. The summed E-state index contributed by atoms with van der Waals surface area (Å²) < 4.78 is 10.8. The summed E-state index contributed by atoms with van der Waals surface area (Å²) in [5, 5.41) is 4.63. The third kappa shape index (κ3) is 4.10. The van der Waals surface area contributed by atoms with Crippen molar-refractivity contribution < 1.29 is 9.47 Å². The minimum Gasteiger partial charge on any atom is -0.497 e. The van der Waals surface area contributed by atoms with Gasteiger partial charge >= 0.3 is 0 Å². The van der Waals surface area contributed by atoms with Crippen LogP contribution in [0.5, 0.6) is 11.5 Å². The number of hydrazone groups is 1. The Balaban J connectivity index is 2.39. The molecule has 3 N–H and O–H groups in total. The highest BCUT2D eigenvalue weighted by atomic mass is 32.1. The number of methoxy groups -OCH3 is 2. The summed E-state index contributed by atoms with van der Waals surface area (Å²) in [5.74, 6) is 1.89. The van der Waals surface area contributed by atoms with E-state index in [9.17, 15) is 0 Å². The molecule has 0 heterocycles. The second-order valence-corrected chi connectivity index (χ2v) is 5.81. The van der Waals surface area contributed by atoms with Crippen molar-refractivity contribution >= 4 is 23.0 Å². The molecule has 2 rings (SSSR count). The molecule has 0 unspecified atom stereocenters. The normalized spacial score (nSPS) is 16.2. The number of benzene rings is 1. The van der Waals surface area contributed by atoms with E-state index in [1.807, 2.05) is 18.2 Å². The van der Waals surface area contributed by atoms with Crippen LogP contribution in [0.2, 0.25) is 0 Å². The SMILES string of the molecule is COc1ccc(C(=NNC(N)=S)C2CCCCC2)c(OC)c1. The fourth-order valence-corrected chi connectivity index (χ4v) is 2.92. The lowest BCUT2D eigenvalue weighted by Crippen LogP contribution is -2.29. The molecule has 1 fully saturated rings. The Morgan fingerprint density at radius 1 is 1.23 bits per heavy atom. The molecule has 22 heavy (non-hydrogen) atoms. The summed E-state index contributed by atoms with van der Waals surface area (Å²) in [6.45, 7) is 0. The monoisotopic (exact) mass is 321 g/mol. The highest BCUT2D eigenvalue weighted by Gasteiger charge is 2.23. The summed E-state index contributed by atoms with van der Waals surface area (Å²) in [5.41, 5.74) is 10.2. The van der Waals surface area contributed by atoms with Gasteiger partial charge in [-0.3, -0.25) is 5.43 Å². The number of rotatable bonds is 5. The fourth-order valence-electron chi connectivity index (χ4n) is 2.87. The first-order valence-corrected chi connectivity index (χ1v) is 7.92. The number of hydrogen-bond acceptors (Lipinski definition) is 4. The van der Waals surface area contributed by atoms with E-state index >= 15 is 0 Å². The van der Waals surface area contributed by atoms with Crippen LogP contribution < -0.4 is 20.6 Å². The third-order valence-electron chi connectivity index (χ3n) is 3.96. The zero-order valence-corrected chi connectivity index (χ0v) is 13.9. The van der Waals surface area contributed by atoms with E-state index in [1.165, 1.54) is 19.3 Å². The molecule has 1 aromatic rings. The quantitative estimate of drug-likeness (QED) is 0.496. The molecule has 0 amide bonds. The van der Waals surface area contributed by atoms with E-state index in [2.05, 4.69) is 10.5 Å². The number of nitrogens with zero attached hydrogens (tertiary/aromatic N) is 1. The first-order chi connectivity index (χ1) is 10.7. The van der Waals surface area contributed by atoms with Gasteiger partial charge in [0.15, 0.2) is 5.11 Å². The number of ether oxygens (including phenoxy) is 2. The van der Waals surface area contributed by atoms with Gasteiger partial charge in [-0.1, -0.05) is 19.3 Å².